The lowest BCUT2D eigenvalue weighted by atomic mass is 9.50. The highest BCUT2D eigenvalue weighted by Crippen LogP contribution is 2.67. The molecule has 6 nitrogen and oxygen atoms in total. The molecule has 0 saturated heterocycles. The maximum atomic E-state index is 12.2. The number of fused-ring (bicyclic) bond motifs is 15. The molecule has 0 aromatic heterocycles. The van der Waals surface area contributed by atoms with Crippen molar-refractivity contribution in [2.75, 3.05) is 0 Å². The molecular formula is C65H104O6. The summed E-state index contributed by atoms with van der Waals surface area (Å²) in [6.07, 6.45) is 36.2. The molecule has 6 heteroatoms. The predicted octanol–water partition coefficient (Wildman–Crippen LogP) is 14.8. The van der Waals surface area contributed by atoms with Crippen LogP contribution in [-0.2, 0) is 19.2 Å². The van der Waals surface area contributed by atoms with E-state index in [0.29, 0.717) is 46.8 Å². The van der Waals surface area contributed by atoms with Gasteiger partial charge in [0, 0.05) is 30.6 Å². The van der Waals surface area contributed by atoms with E-state index >= 15 is 0 Å². The molecule has 0 bridgehead atoms. The highest BCUT2D eigenvalue weighted by Gasteiger charge is 2.61. The number of carbonyl (C=O) groups is 4. The van der Waals surface area contributed by atoms with Crippen molar-refractivity contribution in [2.45, 2.75) is 259 Å². The Balaban J connectivity index is 0.000000123. The summed E-state index contributed by atoms with van der Waals surface area (Å²) in [7, 11) is 0. The number of hydrogen-bond acceptors (Lipinski definition) is 6. The van der Waals surface area contributed by atoms with Crippen molar-refractivity contribution in [1.29, 1.82) is 0 Å². The fourth-order valence-corrected chi connectivity index (χ4v) is 23.5. The van der Waals surface area contributed by atoms with Crippen LogP contribution in [-0.4, -0.2) is 44.5 Å². The molecule has 0 radical (unpaired) electrons. The monoisotopic (exact) mass is 981 g/mol. The second-order valence-electron chi connectivity index (χ2n) is 30.0. The molecule has 0 aromatic carbocycles. The zero-order valence-electron chi connectivity index (χ0n) is 46.6. The van der Waals surface area contributed by atoms with E-state index in [2.05, 4.69) is 34.6 Å². The van der Waals surface area contributed by atoms with Crippen molar-refractivity contribution in [1.82, 2.24) is 0 Å². The Kier molecular flexibility index (Phi) is 15.1. The van der Waals surface area contributed by atoms with Gasteiger partial charge in [0.2, 0.25) is 0 Å². The van der Waals surface area contributed by atoms with E-state index in [1.807, 2.05) is 20.8 Å². The first-order chi connectivity index (χ1) is 33.6. The molecule has 2 N–H and O–H groups in total. The molecule has 12 aliphatic carbocycles. The SMILES string of the molecule is CC(=O)[C@H]1CC[C@H]2[C@@H]3CC[C@@H]4CC(=O)CCC[C@@H]4[C@H]3CC[C@]12C.CC(=O)[C@H]1CC[C@H]2[C@@H]3CC[C@@H]4C[C@@](C)(O)CCC[C@@H]4[C@H]3CC[C@]12C.CC(=O)[C@H]1CC[C@H]2[C@@H]3CC[C@@H]4C[C@](C)(O)CCC[C@@H]4[C@H]3CC[C@]12C. The van der Waals surface area contributed by atoms with Gasteiger partial charge < -0.3 is 10.2 Å². The molecule has 12 aliphatic rings. The zero-order valence-corrected chi connectivity index (χ0v) is 46.6. The summed E-state index contributed by atoms with van der Waals surface area (Å²) in [5.41, 5.74) is -0.00244. The quantitative estimate of drug-likeness (QED) is 0.292. The van der Waals surface area contributed by atoms with Crippen molar-refractivity contribution in [3.63, 3.8) is 0 Å². The number of rotatable bonds is 3. The summed E-state index contributed by atoms with van der Waals surface area (Å²) in [4.78, 5) is 48.5. The van der Waals surface area contributed by atoms with Gasteiger partial charge in [0.1, 0.15) is 23.1 Å². The lowest BCUT2D eigenvalue weighted by Crippen LogP contribution is -2.48. The van der Waals surface area contributed by atoms with Gasteiger partial charge >= 0.3 is 0 Å². The molecule has 0 heterocycles. The lowest BCUT2D eigenvalue weighted by Gasteiger charge is -2.54. The minimum absolute atomic E-state index is 0.278. The fraction of sp³-hybridized carbons (Fsp3) is 0.938. The second kappa shape index (κ2) is 20.2. The molecule has 12 rings (SSSR count). The molecule has 0 spiro atoms. The first kappa shape index (κ1) is 53.0. The van der Waals surface area contributed by atoms with Crippen LogP contribution in [0.2, 0.25) is 0 Å². The van der Waals surface area contributed by atoms with Gasteiger partial charge in [0.15, 0.2) is 0 Å². The summed E-state index contributed by atoms with van der Waals surface area (Å²) < 4.78 is 0. The largest absolute Gasteiger partial charge is 0.390 e. The van der Waals surface area contributed by atoms with Gasteiger partial charge in [-0.25, -0.2) is 0 Å². The maximum absolute atomic E-state index is 12.2. The zero-order chi connectivity index (χ0) is 50.4. The number of Topliss-reactive ketones (excluding diaryl/α,β-unsaturated/α-hetero) is 4. The average molecular weight is 982 g/mol. The van der Waals surface area contributed by atoms with E-state index in [1.54, 1.807) is 0 Å². The molecule has 12 fully saturated rings. The van der Waals surface area contributed by atoms with Crippen molar-refractivity contribution in [3.8, 4) is 0 Å². The highest BCUT2D eigenvalue weighted by atomic mass is 16.3. The van der Waals surface area contributed by atoms with Crippen molar-refractivity contribution < 1.29 is 29.4 Å². The standard InChI is InChI=1S/2C22H36O2.C21H32O2/c2*1-14(23)19-8-9-20-18-7-6-15-13-21(2,24)11-4-5-16(15)17(18)10-12-22(19,20)3;1-13(22)19-8-9-20-18-7-6-14-12-15(23)4-3-5-16(14)17(18)10-11-21(19,20)2/h2*15-20,24H,4-13H2,1-3H3;14,16-20H,3-12H2,1-2H3/t15-,16+,17-,18-,19-,20+,21+,22-;15-,16+,17-,18-,19-,20+,21-,22-;14-,16+,17-,18-,19-,20+,21-/m111/s1. The molecule has 23 atom stereocenters. The molecular weight excluding hydrogens is 877 g/mol. The van der Waals surface area contributed by atoms with Crippen LogP contribution in [0, 0.1) is 123 Å². The number of carbonyl (C=O) groups excluding carboxylic acids is 4. The van der Waals surface area contributed by atoms with E-state index in [9.17, 15) is 29.4 Å². The van der Waals surface area contributed by atoms with Crippen LogP contribution in [0.3, 0.4) is 0 Å². The van der Waals surface area contributed by atoms with Crippen LogP contribution in [0.5, 0.6) is 0 Å². The third-order valence-electron chi connectivity index (χ3n) is 26.4. The topological polar surface area (TPSA) is 109 Å². The third kappa shape index (κ3) is 9.76. The van der Waals surface area contributed by atoms with Crippen LogP contribution in [0.4, 0.5) is 0 Å². The molecule has 0 unspecified atom stereocenters. The van der Waals surface area contributed by atoms with E-state index in [0.717, 1.165) is 147 Å². The van der Waals surface area contributed by atoms with Gasteiger partial charge in [0.25, 0.3) is 0 Å². The van der Waals surface area contributed by atoms with Gasteiger partial charge in [-0.3, -0.25) is 19.2 Å². The van der Waals surface area contributed by atoms with Gasteiger partial charge in [-0.15, -0.1) is 0 Å². The molecule has 0 aliphatic heterocycles. The van der Waals surface area contributed by atoms with Gasteiger partial charge in [-0.05, 0) is 307 Å². The van der Waals surface area contributed by atoms with Crippen LogP contribution < -0.4 is 0 Å². The number of ketones is 4. The molecule has 0 aromatic rings. The Bertz CT molecular complexity index is 1880. The van der Waals surface area contributed by atoms with Crippen LogP contribution in [0.15, 0.2) is 0 Å². The minimum Gasteiger partial charge on any atom is -0.390 e. The summed E-state index contributed by atoms with van der Waals surface area (Å²) >= 11 is 0. The molecule has 12 saturated carbocycles. The van der Waals surface area contributed by atoms with E-state index in [1.165, 1.54) is 128 Å². The van der Waals surface area contributed by atoms with Crippen molar-refractivity contribution in [2.24, 2.45) is 123 Å². The van der Waals surface area contributed by atoms with Gasteiger partial charge in [0.05, 0.1) is 11.2 Å². The summed E-state index contributed by atoms with van der Waals surface area (Å²) in [5, 5.41) is 21.3. The first-order valence-corrected chi connectivity index (χ1v) is 31.1. The molecule has 400 valence electrons. The Morgan fingerprint density at radius 3 is 1.08 bits per heavy atom. The van der Waals surface area contributed by atoms with Crippen LogP contribution >= 0.6 is 0 Å². The maximum Gasteiger partial charge on any atom is 0.133 e. The summed E-state index contributed by atoms with van der Waals surface area (Å²) in [5.74, 6) is 15.0. The van der Waals surface area contributed by atoms with Crippen LogP contribution in [0.1, 0.15) is 248 Å². The third-order valence-corrected chi connectivity index (χ3v) is 26.4. The molecule has 0 amide bonds. The normalized spacial score (nSPS) is 52.8. The number of hydrogen-bond donors (Lipinski definition) is 2. The Morgan fingerprint density at radius 1 is 0.380 bits per heavy atom. The Morgan fingerprint density at radius 2 is 0.718 bits per heavy atom. The Hall–Kier alpha value is -1.40. The average Bonchev–Trinajstić information content (AvgIpc) is 3.84. The van der Waals surface area contributed by atoms with Gasteiger partial charge in [-0.1, -0.05) is 33.6 Å². The van der Waals surface area contributed by atoms with Crippen molar-refractivity contribution in [3.05, 3.63) is 0 Å². The molecule has 71 heavy (non-hydrogen) atoms. The fourth-order valence-electron chi connectivity index (χ4n) is 23.5. The lowest BCUT2D eigenvalue weighted by molar-refractivity contribution is -0.129. The van der Waals surface area contributed by atoms with Gasteiger partial charge in [-0.2, -0.15) is 0 Å². The Labute approximate surface area is 432 Å². The highest BCUT2D eigenvalue weighted by molar-refractivity contribution is 5.81. The van der Waals surface area contributed by atoms with E-state index in [4.69, 9.17) is 0 Å². The van der Waals surface area contributed by atoms with E-state index < -0.39 is 11.2 Å². The number of aliphatic hydroxyl groups is 2. The van der Waals surface area contributed by atoms with Crippen LogP contribution in [0.25, 0.3) is 0 Å². The summed E-state index contributed by atoms with van der Waals surface area (Å²) in [6.45, 7) is 16.9. The second-order valence-corrected chi connectivity index (χ2v) is 30.0. The smallest absolute Gasteiger partial charge is 0.133 e. The van der Waals surface area contributed by atoms with Crippen molar-refractivity contribution >= 4 is 23.1 Å². The first-order valence-electron chi connectivity index (χ1n) is 31.1. The van der Waals surface area contributed by atoms with E-state index in [-0.39, 0.29) is 16.2 Å². The predicted molar refractivity (Wildman–Crippen MR) is 284 cm³/mol. The summed E-state index contributed by atoms with van der Waals surface area (Å²) in [6, 6.07) is 0. The minimum atomic E-state index is -0.428.